The molecule has 0 saturated carbocycles. The van der Waals surface area contributed by atoms with Crippen LogP contribution < -0.4 is 5.56 Å². The average molecular weight is 232 g/mol. The summed E-state index contributed by atoms with van der Waals surface area (Å²) < 4.78 is 13.7. The molecule has 86 valence electrons. The molecular formula is C12H9FN2O2. The SMILES string of the molecule is O=C(Cn1ncccc1=O)c1ccc(F)cc1. The number of carbonyl (C=O) groups excluding carboxylic acids is 1. The van der Waals surface area contributed by atoms with Crippen molar-refractivity contribution in [2.45, 2.75) is 6.54 Å². The number of aromatic nitrogens is 2. The molecule has 0 atom stereocenters. The molecule has 2 rings (SSSR count). The summed E-state index contributed by atoms with van der Waals surface area (Å²) in [6.45, 7) is -0.148. The van der Waals surface area contributed by atoms with Crippen LogP contribution in [0, 0.1) is 5.82 Å². The minimum absolute atomic E-state index is 0.148. The van der Waals surface area contributed by atoms with Gasteiger partial charge in [0.2, 0.25) is 0 Å². The summed E-state index contributed by atoms with van der Waals surface area (Å²) in [6, 6.07) is 7.99. The van der Waals surface area contributed by atoms with E-state index in [1.807, 2.05) is 0 Å². The fourth-order valence-electron chi connectivity index (χ4n) is 1.37. The molecule has 0 fully saturated rings. The van der Waals surface area contributed by atoms with Crippen molar-refractivity contribution in [1.82, 2.24) is 9.78 Å². The van der Waals surface area contributed by atoms with Gasteiger partial charge in [-0.15, -0.1) is 0 Å². The maximum atomic E-state index is 12.7. The smallest absolute Gasteiger partial charge is 0.267 e. The fraction of sp³-hybridized carbons (Fsp3) is 0.0833. The summed E-state index contributed by atoms with van der Waals surface area (Å²) in [4.78, 5) is 23.1. The molecule has 1 aromatic carbocycles. The van der Waals surface area contributed by atoms with Gasteiger partial charge in [-0.3, -0.25) is 9.59 Å². The van der Waals surface area contributed by atoms with Crippen LogP contribution in [0.1, 0.15) is 10.4 Å². The zero-order valence-corrected chi connectivity index (χ0v) is 8.84. The number of halogens is 1. The number of hydrogen-bond acceptors (Lipinski definition) is 3. The second-order valence-electron chi connectivity index (χ2n) is 3.45. The zero-order chi connectivity index (χ0) is 12.3. The van der Waals surface area contributed by atoms with Crippen LogP contribution in [0.4, 0.5) is 4.39 Å². The van der Waals surface area contributed by atoms with Crippen molar-refractivity contribution in [3.8, 4) is 0 Å². The number of rotatable bonds is 3. The van der Waals surface area contributed by atoms with Crippen molar-refractivity contribution in [3.63, 3.8) is 0 Å². The van der Waals surface area contributed by atoms with E-state index in [4.69, 9.17) is 0 Å². The Morgan fingerprint density at radius 2 is 1.94 bits per heavy atom. The highest BCUT2D eigenvalue weighted by Gasteiger charge is 2.08. The van der Waals surface area contributed by atoms with E-state index < -0.39 is 5.82 Å². The first kappa shape index (κ1) is 11.2. The molecule has 0 bridgehead atoms. The molecule has 1 aromatic heterocycles. The predicted molar refractivity (Wildman–Crippen MR) is 59.2 cm³/mol. The average Bonchev–Trinajstić information content (AvgIpc) is 2.33. The molecule has 5 heteroatoms. The largest absolute Gasteiger partial charge is 0.292 e. The van der Waals surface area contributed by atoms with Gasteiger partial charge in [-0.05, 0) is 30.3 Å². The van der Waals surface area contributed by atoms with Crippen molar-refractivity contribution in [3.05, 3.63) is 64.3 Å². The van der Waals surface area contributed by atoms with E-state index in [0.29, 0.717) is 5.56 Å². The van der Waals surface area contributed by atoms with E-state index in [2.05, 4.69) is 5.10 Å². The molecule has 4 nitrogen and oxygen atoms in total. The van der Waals surface area contributed by atoms with Crippen LogP contribution in [0.3, 0.4) is 0 Å². The number of carbonyl (C=O) groups is 1. The Morgan fingerprint density at radius 1 is 1.24 bits per heavy atom. The summed E-state index contributed by atoms with van der Waals surface area (Å²) >= 11 is 0. The molecule has 2 aromatic rings. The van der Waals surface area contributed by atoms with Gasteiger partial charge in [-0.25, -0.2) is 9.07 Å². The third-order valence-corrected chi connectivity index (χ3v) is 2.24. The van der Waals surface area contributed by atoms with Gasteiger partial charge in [0, 0.05) is 17.8 Å². The van der Waals surface area contributed by atoms with Gasteiger partial charge < -0.3 is 0 Å². The van der Waals surface area contributed by atoms with Crippen LogP contribution in [-0.2, 0) is 6.54 Å². The van der Waals surface area contributed by atoms with Crippen molar-refractivity contribution in [1.29, 1.82) is 0 Å². The molecule has 1 heterocycles. The zero-order valence-electron chi connectivity index (χ0n) is 8.84. The highest BCUT2D eigenvalue weighted by molar-refractivity contribution is 5.95. The topological polar surface area (TPSA) is 52.0 Å². The minimum Gasteiger partial charge on any atom is -0.292 e. The van der Waals surface area contributed by atoms with Crippen LogP contribution in [0.25, 0.3) is 0 Å². The van der Waals surface area contributed by atoms with Crippen molar-refractivity contribution < 1.29 is 9.18 Å². The van der Waals surface area contributed by atoms with E-state index in [0.717, 1.165) is 4.68 Å². The normalized spacial score (nSPS) is 10.2. The Morgan fingerprint density at radius 3 is 2.59 bits per heavy atom. The van der Waals surface area contributed by atoms with Gasteiger partial charge in [0.05, 0.1) is 0 Å². The molecule has 0 amide bonds. The lowest BCUT2D eigenvalue weighted by atomic mass is 10.1. The second kappa shape index (κ2) is 4.69. The van der Waals surface area contributed by atoms with Gasteiger partial charge in [0.25, 0.3) is 5.56 Å². The van der Waals surface area contributed by atoms with Crippen molar-refractivity contribution in [2.24, 2.45) is 0 Å². The number of Topliss-reactive ketones (excluding diaryl/α,β-unsaturated/α-hetero) is 1. The number of nitrogens with zero attached hydrogens (tertiary/aromatic N) is 2. The molecule has 0 spiro atoms. The Balaban J connectivity index is 2.20. The van der Waals surface area contributed by atoms with E-state index in [1.165, 1.54) is 42.6 Å². The van der Waals surface area contributed by atoms with Gasteiger partial charge in [-0.1, -0.05) is 0 Å². The predicted octanol–water partition coefficient (Wildman–Crippen LogP) is 1.27. The van der Waals surface area contributed by atoms with Crippen LogP contribution in [0.5, 0.6) is 0 Å². The molecule has 0 aliphatic heterocycles. The maximum Gasteiger partial charge on any atom is 0.267 e. The minimum atomic E-state index is -0.406. The summed E-state index contributed by atoms with van der Waals surface area (Å²) in [6.07, 6.45) is 1.43. The van der Waals surface area contributed by atoms with Crippen LogP contribution in [0.2, 0.25) is 0 Å². The second-order valence-corrected chi connectivity index (χ2v) is 3.45. The molecule has 17 heavy (non-hydrogen) atoms. The van der Waals surface area contributed by atoms with Gasteiger partial charge in [0.1, 0.15) is 12.4 Å². The highest BCUT2D eigenvalue weighted by Crippen LogP contribution is 2.04. The molecule has 0 unspecified atom stereocenters. The Labute approximate surface area is 96.3 Å². The third-order valence-electron chi connectivity index (χ3n) is 2.24. The first-order valence-electron chi connectivity index (χ1n) is 4.98. The molecule has 0 aliphatic rings. The van der Waals surface area contributed by atoms with E-state index >= 15 is 0 Å². The van der Waals surface area contributed by atoms with E-state index in [-0.39, 0.29) is 17.9 Å². The lowest BCUT2D eigenvalue weighted by molar-refractivity contribution is 0.0965. The first-order chi connectivity index (χ1) is 8.16. The van der Waals surface area contributed by atoms with Crippen LogP contribution in [0.15, 0.2) is 47.4 Å². The van der Waals surface area contributed by atoms with Gasteiger partial charge in [-0.2, -0.15) is 5.10 Å². The third kappa shape index (κ3) is 2.63. The van der Waals surface area contributed by atoms with Gasteiger partial charge in [0.15, 0.2) is 5.78 Å². The fourth-order valence-corrected chi connectivity index (χ4v) is 1.37. The lowest BCUT2D eigenvalue weighted by Crippen LogP contribution is -2.25. The van der Waals surface area contributed by atoms with Crippen molar-refractivity contribution in [2.75, 3.05) is 0 Å². The van der Waals surface area contributed by atoms with Crippen LogP contribution in [-0.4, -0.2) is 15.6 Å². The van der Waals surface area contributed by atoms with E-state index in [9.17, 15) is 14.0 Å². The molecular weight excluding hydrogens is 223 g/mol. The summed E-state index contributed by atoms with van der Waals surface area (Å²) in [5, 5.41) is 3.77. The summed E-state index contributed by atoms with van der Waals surface area (Å²) in [7, 11) is 0. The lowest BCUT2D eigenvalue weighted by Gasteiger charge is -2.02. The number of hydrogen-bond donors (Lipinski definition) is 0. The Bertz CT molecular complexity index is 590. The first-order valence-corrected chi connectivity index (χ1v) is 4.98. The van der Waals surface area contributed by atoms with Crippen LogP contribution >= 0.6 is 0 Å². The monoisotopic (exact) mass is 232 g/mol. The molecule has 0 saturated heterocycles. The molecule has 0 N–H and O–H groups in total. The quantitative estimate of drug-likeness (QED) is 0.749. The summed E-state index contributed by atoms with van der Waals surface area (Å²) in [5.41, 5.74) is 0.00640. The molecule has 0 radical (unpaired) electrons. The van der Waals surface area contributed by atoms with Gasteiger partial charge >= 0.3 is 0 Å². The number of ketones is 1. The Hall–Kier alpha value is -2.30. The van der Waals surface area contributed by atoms with Crippen molar-refractivity contribution >= 4 is 5.78 Å². The Kier molecular flexibility index (Phi) is 3.09. The summed E-state index contributed by atoms with van der Waals surface area (Å²) in [5.74, 6) is -0.692. The maximum absolute atomic E-state index is 12.7. The standard InChI is InChI=1S/C12H9FN2O2/c13-10-5-3-9(4-6-10)11(16)8-15-12(17)2-1-7-14-15/h1-7H,8H2. The number of benzene rings is 1. The molecule has 0 aliphatic carbocycles. The van der Waals surface area contributed by atoms with E-state index in [1.54, 1.807) is 0 Å². The highest BCUT2D eigenvalue weighted by atomic mass is 19.1.